The van der Waals surface area contributed by atoms with Crippen LogP contribution < -0.4 is 4.90 Å². The molecule has 0 bridgehead atoms. The van der Waals surface area contributed by atoms with Crippen LogP contribution in [0, 0.1) is 12.8 Å². The lowest BCUT2D eigenvalue weighted by molar-refractivity contribution is 0.530. The van der Waals surface area contributed by atoms with Crippen molar-refractivity contribution in [3.05, 3.63) is 24.0 Å². The lowest BCUT2D eigenvalue weighted by atomic mass is 10.0. The van der Waals surface area contributed by atoms with E-state index in [1.54, 1.807) is 0 Å². The van der Waals surface area contributed by atoms with Gasteiger partial charge in [0.15, 0.2) is 0 Å². The fourth-order valence-electron chi connectivity index (χ4n) is 2.44. The Bertz CT molecular complexity index is 322. The molecule has 0 aromatic carbocycles. The van der Waals surface area contributed by atoms with Crippen LogP contribution in [0.4, 0.5) is 5.69 Å². The number of rotatable bonds is 3. The third-order valence-corrected chi connectivity index (χ3v) is 3.23. The highest BCUT2D eigenvalue weighted by molar-refractivity contribution is 5.47. The fraction of sp³-hybridized carbons (Fsp3) is 0.615. The van der Waals surface area contributed by atoms with Gasteiger partial charge >= 0.3 is 0 Å². The molecule has 1 atom stereocenters. The lowest BCUT2D eigenvalue weighted by Gasteiger charge is -2.18. The quantitative estimate of drug-likeness (QED) is 0.752. The minimum Gasteiger partial charge on any atom is -0.371 e. The lowest BCUT2D eigenvalue weighted by Crippen LogP contribution is -2.19. The Hall–Kier alpha value is -1.05. The van der Waals surface area contributed by atoms with Crippen molar-refractivity contribution in [3.8, 4) is 0 Å². The molecule has 0 radical (unpaired) electrons. The molecule has 1 unspecified atom stereocenters. The Morgan fingerprint density at radius 1 is 1.53 bits per heavy atom. The topological polar surface area (TPSA) is 16.1 Å². The van der Waals surface area contributed by atoms with Crippen molar-refractivity contribution in [1.29, 1.82) is 0 Å². The molecule has 1 saturated heterocycles. The van der Waals surface area contributed by atoms with E-state index in [9.17, 15) is 0 Å². The van der Waals surface area contributed by atoms with Gasteiger partial charge < -0.3 is 4.90 Å². The van der Waals surface area contributed by atoms with Crippen LogP contribution in [0.5, 0.6) is 0 Å². The molecule has 2 rings (SSSR count). The summed E-state index contributed by atoms with van der Waals surface area (Å²) in [6.07, 6.45) is 5.96. The molecule has 1 aliphatic rings. The number of pyridine rings is 1. The van der Waals surface area contributed by atoms with Crippen molar-refractivity contribution in [3.63, 3.8) is 0 Å². The van der Waals surface area contributed by atoms with Gasteiger partial charge in [0.05, 0.1) is 0 Å². The highest BCUT2D eigenvalue weighted by atomic mass is 15.1. The molecule has 0 saturated carbocycles. The zero-order valence-corrected chi connectivity index (χ0v) is 9.74. The van der Waals surface area contributed by atoms with E-state index in [1.807, 2.05) is 6.20 Å². The molecule has 1 aromatic heterocycles. The second kappa shape index (κ2) is 4.65. The van der Waals surface area contributed by atoms with E-state index in [0.717, 1.165) is 11.6 Å². The molecule has 2 heterocycles. The monoisotopic (exact) mass is 204 g/mol. The van der Waals surface area contributed by atoms with Gasteiger partial charge in [-0.3, -0.25) is 4.98 Å². The second-order valence-electron chi connectivity index (χ2n) is 4.54. The smallest absolute Gasteiger partial charge is 0.0399 e. The maximum absolute atomic E-state index is 4.24. The van der Waals surface area contributed by atoms with Crippen LogP contribution in [0.2, 0.25) is 0 Å². The molecule has 0 N–H and O–H groups in total. The van der Waals surface area contributed by atoms with Crippen LogP contribution in [0.1, 0.15) is 31.9 Å². The van der Waals surface area contributed by atoms with Crippen molar-refractivity contribution >= 4 is 5.69 Å². The number of hydrogen-bond acceptors (Lipinski definition) is 2. The largest absolute Gasteiger partial charge is 0.371 e. The molecule has 2 heteroatoms. The van der Waals surface area contributed by atoms with Crippen LogP contribution >= 0.6 is 0 Å². The SMILES string of the molecule is CCCC1CCN(c2ccnc(C)c2)C1. The maximum atomic E-state index is 4.24. The maximum Gasteiger partial charge on any atom is 0.0399 e. The molecule has 0 aliphatic carbocycles. The molecule has 2 nitrogen and oxygen atoms in total. The van der Waals surface area contributed by atoms with Gasteiger partial charge in [0.2, 0.25) is 0 Å². The summed E-state index contributed by atoms with van der Waals surface area (Å²) in [6, 6.07) is 4.32. The summed E-state index contributed by atoms with van der Waals surface area (Å²) in [5.41, 5.74) is 2.47. The molecule has 15 heavy (non-hydrogen) atoms. The van der Waals surface area contributed by atoms with Gasteiger partial charge in [0, 0.05) is 30.7 Å². The summed E-state index contributed by atoms with van der Waals surface area (Å²) in [4.78, 5) is 6.73. The Kier molecular flexibility index (Phi) is 3.24. The van der Waals surface area contributed by atoms with Crippen LogP contribution in [0.3, 0.4) is 0 Å². The van der Waals surface area contributed by atoms with Gasteiger partial charge in [-0.1, -0.05) is 13.3 Å². The number of aromatic nitrogens is 1. The first-order chi connectivity index (χ1) is 7.29. The van der Waals surface area contributed by atoms with Gasteiger partial charge in [-0.25, -0.2) is 0 Å². The number of hydrogen-bond donors (Lipinski definition) is 0. The molecule has 1 aromatic rings. The third kappa shape index (κ3) is 2.49. The minimum atomic E-state index is 0.906. The highest BCUT2D eigenvalue weighted by Crippen LogP contribution is 2.26. The van der Waals surface area contributed by atoms with Crippen LogP contribution in [-0.4, -0.2) is 18.1 Å². The third-order valence-electron chi connectivity index (χ3n) is 3.23. The van der Waals surface area contributed by atoms with Gasteiger partial charge in [-0.05, 0) is 37.8 Å². The van der Waals surface area contributed by atoms with E-state index in [-0.39, 0.29) is 0 Å². The molecule has 0 amide bonds. The van der Waals surface area contributed by atoms with E-state index in [2.05, 4.69) is 35.9 Å². The zero-order chi connectivity index (χ0) is 10.7. The highest BCUT2D eigenvalue weighted by Gasteiger charge is 2.21. The Morgan fingerprint density at radius 3 is 3.13 bits per heavy atom. The van der Waals surface area contributed by atoms with Crippen LogP contribution in [-0.2, 0) is 0 Å². The number of nitrogens with zero attached hydrogens (tertiary/aromatic N) is 2. The summed E-state index contributed by atoms with van der Waals surface area (Å²) in [6.45, 7) is 6.79. The zero-order valence-electron chi connectivity index (χ0n) is 9.74. The molecule has 1 fully saturated rings. The van der Waals surface area contributed by atoms with E-state index in [1.165, 1.54) is 38.0 Å². The molecule has 0 spiro atoms. The summed E-state index contributed by atoms with van der Waals surface area (Å²) < 4.78 is 0. The molecule has 82 valence electrons. The standard InChI is InChI=1S/C13H20N2/c1-3-4-12-6-8-15(10-12)13-5-7-14-11(2)9-13/h5,7,9,12H,3-4,6,8,10H2,1-2H3. The van der Waals surface area contributed by atoms with Gasteiger partial charge in [-0.15, -0.1) is 0 Å². The van der Waals surface area contributed by atoms with Crippen molar-refractivity contribution in [2.75, 3.05) is 18.0 Å². The van der Waals surface area contributed by atoms with Crippen LogP contribution in [0.15, 0.2) is 18.3 Å². The number of anilines is 1. The van der Waals surface area contributed by atoms with Gasteiger partial charge in [0.1, 0.15) is 0 Å². The molecular formula is C13H20N2. The summed E-state index contributed by atoms with van der Waals surface area (Å²) >= 11 is 0. The first-order valence-electron chi connectivity index (χ1n) is 5.97. The van der Waals surface area contributed by atoms with Gasteiger partial charge in [0.25, 0.3) is 0 Å². The average molecular weight is 204 g/mol. The van der Waals surface area contributed by atoms with E-state index in [4.69, 9.17) is 0 Å². The Labute approximate surface area is 92.3 Å². The van der Waals surface area contributed by atoms with Crippen molar-refractivity contribution < 1.29 is 0 Å². The summed E-state index contributed by atoms with van der Waals surface area (Å²) in [5.74, 6) is 0.906. The van der Waals surface area contributed by atoms with Crippen LogP contribution in [0.25, 0.3) is 0 Å². The van der Waals surface area contributed by atoms with Crippen molar-refractivity contribution in [2.45, 2.75) is 33.1 Å². The first-order valence-corrected chi connectivity index (χ1v) is 5.97. The first kappa shape index (κ1) is 10.5. The van der Waals surface area contributed by atoms with E-state index >= 15 is 0 Å². The molecular weight excluding hydrogens is 184 g/mol. The summed E-state index contributed by atoms with van der Waals surface area (Å²) in [7, 11) is 0. The average Bonchev–Trinajstić information content (AvgIpc) is 2.67. The molecule has 1 aliphatic heterocycles. The van der Waals surface area contributed by atoms with E-state index < -0.39 is 0 Å². The number of aryl methyl sites for hydroxylation is 1. The Morgan fingerprint density at radius 2 is 2.40 bits per heavy atom. The normalized spacial score (nSPS) is 20.9. The fourth-order valence-corrected chi connectivity index (χ4v) is 2.44. The second-order valence-corrected chi connectivity index (χ2v) is 4.54. The van der Waals surface area contributed by atoms with Crippen molar-refractivity contribution in [1.82, 2.24) is 4.98 Å². The minimum absolute atomic E-state index is 0.906. The van der Waals surface area contributed by atoms with Crippen molar-refractivity contribution in [2.24, 2.45) is 5.92 Å². The van der Waals surface area contributed by atoms with Gasteiger partial charge in [-0.2, -0.15) is 0 Å². The predicted molar refractivity (Wildman–Crippen MR) is 64.2 cm³/mol. The Balaban J connectivity index is 2.01. The van der Waals surface area contributed by atoms with E-state index in [0.29, 0.717) is 0 Å². The predicted octanol–water partition coefficient (Wildman–Crippen LogP) is 3.02. The summed E-state index contributed by atoms with van der Waals surface area (Å²) in [5, 5.41) is 0.